The number of benzene rings is 1. The summed E-state index contributed by atoms with van der Waals surface area (Å²) in [6.07, 6.45) is 0. The molecule has 0 aliphatic carbocycles. The molecule has 1 aromatic rings. The van der Waals surface area contributed by atoms with Gasteiger partial charge in [-0.3, -0.25) is 0 Å². The van der Waals surface area contributed by atoms with Gasteiger partial charge >= 0.3 is 0 Å². The van der Waals surface area contributed by atoms with E-state index < -0.39 is 0 Å². The van der Waals surface area contributed by atoms with Crippen molar-refractivity contribution in [2.45, 2.75) is 13.1 Å². The van der Waals surface area contributed by atoms with Gasteiger partial charge in [0.05, 0.1) is 0 Å². The van der Waals surface area contributed by atoms with Crippen molar-refractivity contribution in [2.75, 3.05) is 13.2 Å². The van der Waals surface area contributed by atoms with E-state index >= 15 is 0 Å². The Balaban J connectivity index is 2.40. The van der Waals surface area contributed by atoms with Crippen LogP contribution in [0, 0.1) is 0 Å². The van der Waals surface area contributed by atoms with E-state index in [1.807, 2.05) is 12.1 Å². The molecule has 0 amide bonds. The van der Waals surface area contributed by atoms with Gasteiger partial charge in [-0.05, 0) is 0 Å². The largest absolute Gasteiger partial charge is 0.492 e. The van der Waals surface area contributed by atoms with Crippen LogP contribution in [0.5, 0.6) is 5.75 Å². The second-order valence-electron chi connectivity index (χ2n) is 3.13. The highest BCUT2D eigenvalue weighted by Gasteiger charge is 2.10. The Morgan fingerprint density at radius 3 is 3.23 bits per heavy atom. The molecule has 0 aromatic heterocycles. The minimum absolute atomic E-state index is 0.545. The third-order valence-corrected chi connectivity index (χ3v) is 2.24. The molecule has 0 atom stereocenters. The van der Waals surface area contributed by atoms with Crippen LogP contribution in [-0.4, -0.2) is 13.2 Å². The molecule has 1 aromatic carbocycles. The molecular weight excluding hydrogens is 164 g/mol. The van der Waals surface area contributed by atoms with E-state index in [4.69, 9.17) is 10.5 Å². The number of nitrogens with two attached hydrogens (primary N) is 1. The van der Waals surface area contributed by atoms with Gasteiger partial charge in [0, 0.05) is 30.8 Å². The van der Waals surface area contributed by atoms with Crippen molar-refractivity contribution in [3.63, 3.8) is 0 Å². The first-order valence-electron chi connectivity index (χ1n) is 4.56. The van der Waals surface area contributed by atoms with E-state index in [1.54, 1.807) is 0 Å². The Labute approximate surface area is 77.9 Å². The zero-order valence-electron chi connectivity index (χ0n) is 7.55. The Bertz CT molecular complexity index is 299. The third kappa shape index (κ3) is 1.66. The van der Waals surface area contributed by atoms with E-state index in [0.29, 0.717) is 6.54 Å². The predicted octanol–water partition coefficient (Wildman–Crippen LogP) is 0.627. The quantitative estimate of drug-likeness (QED) is 0.663. The Morgan fingerprint density at radius 2 is 2.38 bits per heavy atom. The lowest BCUT2D eigenvalue weighted by Gasteiger charge is -2.10. The zero-order valence-corrected chi connectivity index (χ0v) is 7.55. The topological polar surface area (TPSA) is 47.3 Å². The normalized spacial score (nSPS) is 15.8. The molecule has 3 nitrogen and oxygen atoms in total. The number of hydrogen-bond donors (Lipinski definition) is 2. The lowest BCUT2D eigenvalue weighted by molar-refractivity contribution is 0.322. The van der Waals surface area contributed by atoms with E-state index in [-0.39, 0.29) is 0 Å². The predicted molar refractivity (Wildman–Crippen MR) is 51.5 cm³/mol. The number of rotatable bonds is 1. The van der Waals surface area contributed by atoms with Crippen LogP contribution in [0.4, 0.5) is 0 Å². The van der Waals surface area contributed by atoms with E-state index in [0.717, 1.165) is 31.0 Å². The van der Waals surface area contributed by atoms with Gasteiger partial charge in [-0.25, -0.2) is 0 Å². The Kier molecular flexibility index (Phi) is 2.47. The Morgan fingerprint density at radius 1 is 1.46 bits per heavy atom. The number of hydrogen-bond acceptors (Lipinski definition) is 3. The second kappa shape index (κ2) is 3.77. The highest BCUT2D eigenvalue weighted by Crippen LogP contribution is 2.24. The molecule has 0 radical (unpaired) electrons. The van der Waals surface area contributed by atoms with Crippen LogP contribution in [-0.2, 0) is 13.1 Å². The fourth-order valence-electron chi connectivity index (χ4n) is 1.57. The molecule has 0 saturated carbocycles. The van der Waals surface area contributed by atoms with Gasteiger partial charge < -0.3 is 15.8 Å². The summed E-state index contributed by atoms with van der Waals surface area (Å²) < 4.78 is 5.63. The van der Waals surface area contributed by atoms with E-state index in [1.165, 1.54) is 5.56 Å². The van der Waals surface area contributed by atoms with E-state index in [2.05, 4.69) is 11.4 Å². The van der Waals surface area contributed by atoms with Crippen LogP contribution >= 0.6 is 0 Å². The summed E-state index contributed by atoms with van der Waals surface area (Å²) >= 11 is 0. The molecule has 2 rings (SSSR count). The molecule has 1 aliphatic rings. The maximum atomic E-state index is 5.63. The summed E-state index contributed by atoms with van der Waals surface area (Å²) in [6, 6.07) is 6.12. The molecule has 0 unspecified atom stereocenters. The van der Waals surface area contributed by atoms with Crippen LogP contribution in [0.1, 0.15) is 11.1 Å². The molecule has 3 N–H and O–H groups in total. The third-order valence-electron chi connectivity index (χ3n) is 2.24. The SMILES string of the molecule is NCc1cccc2c1OCCNC2. The monoisotopic (exact) mass is 178 g/mol. The second-order valence-corrected chi connectivity index (χ2v) is 3.13. The van der Waals surface area contributed by atoms with Crippen LogP contribution in [0.25, 0.3) is 0 Å². The minimum Gasteiger partial charge on any atom is -0.492 e. The Hall–Kier alpha value is -1.06. The first-order valence-corrected chi connectivity index (χ1v) is 4.56. The number of para-hydroxylation sites is 1. The van der Waals surface area contributed by atoms with Crippen molar-refractivity contribution in [1.82, 2.24) is 5.32 Å². The molecule has 1 heterocycles. The average Bonchev–Trinajstić information content (AvgIpc) is 2.41. The van der Waals surface area contributed by atoms with Gasteiger partial charge in [-0.2, -0.15) is 0 Å². The maximum absolute atomic E-state index is 5.63. The molecule has 0 spiro atoms. The molecule has 70 valence electrons. The standard InChI is InChI=1S/C10H14N2O/c11-6-8-2-1-3-9-7-12-4-5-13-10(8)9/h1-3,12H,4-7,11H2. The first-order chi connectivity index (χ1) is 6.42. The summed E-state index contributed by atoms with van der Waals surface area (Å²) in [4.78, 5) is 0. The lowest BCUT2D eigenvalue weighted by Crippen LogP contribution is -2.16. The van der Waals surface area contributed by atoms with E-state index in [9.17, 15) is 0 Å². The number of fused-ring (bicyclic) bond motifs is 1. The fourth-order valence-corrected chi connectivity index (χ4v) is 1.57. The van der Waals surface area contributed by atoms with Crippen LogP contribution in [0.15, 0.2) is 18.2 Å². The van der Waals surface area contributed by atoms with Crippen molar-refractivity contribution < 1.29 is 4.74 Å². The molecule has 1 aliphatic heterocycles. The van der Waals surface area contributed by atoms with Crippen molar-refractivity contribution in [2.24, 2.45) is 5.73 Å². The molecule has 13 heavy (non-hydrogen) atoms. The highest BCUT2D eigenvalue weighted by molar-refractivity contribution is 5.41. The summed E-state index contributed by atoms with van der Waals surface area (Å²) in [5.41, 5.74) is 7.93. The van der Waals surface area contributed by atoms with Gasteiger partial charge in [0.15, 0.2) is 0 Å². The number of nitrogens with one attached hydrogen (secondary N) is 1. The van der Waals surface area contributed by atoms with Crippen LogP contribution in [0.2, 0.25) is 0 Å². The van der Waals surface area contributed by atoms with Crippen LogP contribution < -0.4 is 15.8 Å². The molecule has 0 fully saturated rings. The summed E-state index contributed by atoms with van der Waals surface area (Å²) in [7, 11) is 0. The summed E-state index contributed by atoms with van der Waals surface area (Å²) in [5, 5.41) is 3.29. The van der Waals surface area contributed by atoms with Crippen molar-refractivity contribution in [3.8, 4) is 5.75 Å². The lowest BCUT2D eigenvalue weighted by atomic mass is 10.1. The summed E-state index contributed by atoms with van der Waals surface area (Å²) in [6.45, 7) is 3.05. The van der Waals surface area contributed by atoms with Crippen molar-refractivity contribution >= 4 is 0 Å². The molecule has 0 saturated heterocycles. The van der Waals surface area contributed by atoms with Crippen molar-refractivity contribution in [1.29, 1.82) is 0 Å². The molecule has 0 bridgehead atoms. The average molecular weight is 178 g/mol. The summed E-state index contributed by atoms with van der Waals surface area (Å²) in [5.74, 6) is 0.981. The van der Waals surface area contributed by atoms with Crippen molar-refractivity contribution in [3.05, 3.63) is 29.3 Å². The van der Waals surface area contributed by atoms with Gasteiger partial charge in [0.2, 0.25) is 0 Å². The van der Waals surface area contributed by atoms with Gasteiger partial charge in [0.25, 0.3) is 0 Å². The van der Waals surface area contributed by atoms with Gasteiger partial charge in [-0.1, -0.05) is 18.2 Å². The fraction of sp³-hybridized carbons (Fsp3) is 0.400. The minimum atomic E-state index is 0.545. The highest BCUT2D eigenvalue weighted by atomic mass is 16.5. The molecular formula is C10H14N2O. The van der Waals surface area contributed by atoms with Crippen LogP contribution in [0.3, 0.4) is 0 Å². The first kappa shape index (κ1) is 8.53. The molecule has 3 heteroatoms. The zero-order chi connectivity index (χ0) is 9.10. The smallest absolute Gasteiger partial charge is 0.128 e. The maximum Gasteiger partial charge on any atom is 0.128 e. The number of ether oxygens (including phenoxy) is 1. The van der Waals surface area contributed by atoms with Gasteiger partial charge in [0.1, 0.15) is 12.4 Å². The van der Waals surface area contributed by atoms with Gasteiger partial charge in [-0.15, -0.1) is 0 Å².